The van der Waals surface area contributed by atoms with Gasteiger partial charge in [0.25, 0.3) is 0 Å². The monoisotopic (exact) mass is 258 g/mol. The molecule has 102 valence electrons. The fourth-order valence-corrected chi connectivity index (χ4v) is 1.83. The number of nitrogens with one attached hydrogen (secondary N) is 1. The molecule has 0 atom stereocenters. The van der Waals surface area contributed by atoms with E-state index in [1.54, 1.807) is 0 Å². The standard InChI is InChI=1S/C11H14F2N2O.C2H6/c1-16-11-7-9(13)8(12)6-10(11)15-4-2-14-3-5-15;1-2/h6-7,14H,2-5H2,1H3;1-2H3. The third kappa shape index (κ3) is 3.32. The average molecular weight is 258 g/mol. The highest BCUT2D eigenvalue weighted by atomic mass is 19.2. The van der Waals surface area contributed by atoms with Crippen LogP contribution in [0.1, 0.15) is 13.8 Å². The molecule has 1 N–H and O–H groups in total. The molecular formula is C13H20F2N2O. The Labute approximate surface area is 107 Å². The lowest BCUT2D eigenvalue weighted by Crippen LogP contribution is -2.43. The van der Waals surface area contributed by atoms with Crippen molar-refractivity contribution in [3.05, 3.63) is 23.8 Å². The van der Waals surface area contributed by atoms with E-state index in [9.17, 15) is 8.78 Å². The molecule has 0 radical (unpaired) electrons. The van der Waals surface area contributed by atoms with Gasteiger partial charge in [-0.2, -0.15) is 0 Å². The van der Waals surface area contributed by atoms with Crippen molar-refractivity contribution in [1.82, 2.24) is 5.32 Å². The number of ether oxygens (including phenoxy) is 1. The molecule has 5 heteroatoms. The van der Waals surface area contributed by atoms with Crippen LogP contribution in [0.5, 0.6) is 5.75 Å². The van der Waals surface area contributed by atoms with E-state index in [4.69, 9.17) is 4.74 Å². The van der Waals surface area contributed by atoms with Crippen molar-refractivity contribution in [1.29, 1.82) is 0 Å². The number of halogens is 2. The summed E-state index contributed by atoms with van der Waals surface area (Å²) < 4.78 is 31.3. The summed E-state index contributed by atoms with van der Waals surface area (Å²) in [5.74, 6) is -1.34. The maximum absolute atomic E-state index is 13.2. The van der Waals surface area contributed by atoms with E-state index in [2.05, 4.69) is 5.32 Å². The molecule has 2 rings (SSSR count). The molecule has 1 aromatic rings. The van der Waals surface area contributed by atoms with Crippen molar-refractivity contribution in [2.75, 3.05) is 38.2 Å². The van der Waals surface area contributed by atoms with Crippen LogP contribution in [0.3, 0.4) is 0 Å². The first kappa shape index (κ1) is 14.7. The third-order valence-corrected chi connectivity index (χ3v) is 2.68. The van der Waals surface area contributed by atoms with E-state index >= 15 is 0 Å². The van der Waals surface area contributed by atoms with Gasteiger partial charge in [0.15, 0.2) is 11.6 Å². The molecule has 1 aliphatic heterocycles. The molecule has 0 amide bonds. The van der Waals surface area contributed by atoms with Crippen LogP contribution < -0.4 is 15.0 Å². The number of piperazine rings is 1. The maximum atomic E-state index is 13.2. The minimum Gasteiger partial charge on any atom is -0.494 e. The zero-order valence-corrected chi connectivity index (χ0v) is 11.1. The van der Waals surface area contributed by atoms with E-state index in [-0.39, 0.29) is 0 Å². The average Bonchev–Trinajstić information content (AvgIpc) is 2.44. The highest BCUT2D eigenvalue weighted by molar-refractivity contribution is 5.59. The second-order valence-electron chi connectivity index (χ2n) is 3.68. The van der Waals surface area contributed by atoms with Crippen LogP contribution in [-0.2, 0) is 0 Å². The number of nitrogens with zero attached hydrogens (tertiary/aromatic N) is 1. The van der Waals surface area contributed by atoms with Gasteiger partial charge in [-0.25, -0.2) is 8.78 Å². The molecule has 0 spiro atoms. The largest absolute Gasteiger partial charge is 0.494 e. The molecule has 0 saturated carbocycles. The Hall–Kier alpha value is -1.36. The summed E-state index contributed by atoms with van der Waals surface area (Å²) in [6.07, 6.45) is 0. The summed E-state index contributed by atoms with van der Waals surface area (Å²) >= 11 is 0. The number of hydrogen-bond donors (Lipinski definition) is 1. The van der Waals surface area contributed by atoms with E-state index in [0.29, 0.717) is 11.4 Å². The van der Waals surface area contributed by atoms with Crippen LogP contribution in [0.15, 0.2) is 12.1 Å². The van der Waals surface area contributed by atoms with Crippen molar-refractivity contribution < 1.29 is 13.5 Å². The predicted molar refractivity (Wildman–Crippen MR) is 69.3 cm³/mol. The molecular weight excluding hydrogens is 238 g/mol. The molecule has 0 bridgehead atoms. The first-order valence-corrected chi connectivity index (χ1v) is 6.21. The lowest BCUT2D eigenvalue weighted by molar-refractivity contribution is 0.404. The smallest absolute Gasteiger partial charge is 0.162 e. The third-order valence-electron chi connectivity index (χ3n) is 2.68. The van der Waals surface area contributed by atoms with E-state index < -0.39 is 11.6 Å². The summed E-state index contributed by atoms with van der Waals surface area (Å²) in [5, 5.41) is 3.20. The Kier molecular flexibility index (Phi) is 5.85. The molecule has 1 aliphatic rings. The van der Waals surface area contributed by atoms with Crippen LogP contribution in [0, 0.1) is 11.6 Å². The van der Waals surface area contributed by atoms with Crippen LogP contribution in [-0.4, -0.2) is 33.3 Å². The van der Waals surface area contributed by atoms with Gasteiger partial charge in [0.05, 0.1) is 12.8 Å². The van der Waals surface area contributed by atoms with Gasteiger partial charge in [-0.3, -0.25) is 0 Å². The molecule has 3 nitrogen and oxygen atoms in total. The van der Waals surface area contributed by atoms with E-state index in [1.165, 1.54) is 13.2 Å². The normalized spacial score (nSPS) is 14.8. The number of rotatable bonds is 2. The van der Waals surface area contributed by atoms with Crippen molar-refractivity contribution in [3.8, 4) is 5.75 Å². The zero-order chi connectivity index (χ0) is 13.5. The van der Waals surface area contributed by atoms with Gasteiger partial charge in [0.2, 0.25) is 0 Å². The lowest BCUT2D eigenvalue weighted by atomic mass is 10.2. The van der Waals surface area contributed by atoms with Gasteiger partial charge in [-0.05, 0) is 0 Å². The van der Waals surface area contributed by atoms with E-state index in [1.807, 2.05) is 18.7 Å². The second-order valence-corrected chi connectivity index (χ2v) is 3.68. The number of anilines is 1. The van der Waals surface area contributed by atoms with Gasteiger partial charge in [-0.15, -0.1) is 0 Å². The van der Waals surface area contributed by atoms with Gasteiger partial charge in [0, 0.05) is 38.3 Å². The van der Waals surface area contributed by atoms with Crippen molar-refractivity contribution in [2.45, 2.75) is 13.8 Å². The Morgan fingerprint density at radius 2 is 1.67 bits per heavy atom. The SMILES string of the molecule is CC.COc1cc(F)c(F)cc1N1CCNCC1. The molecule has 1 fully saturated rings. The minimum atomic E-state index is -0.879. The Balaban J connectivity index is 0.000000771. The molecule has 1 heterocycles. The van der Waals surface area contributed by atoms with Crippen LogP contribution >= 0.6 is 0 Å². The highest BCUT2D eigenvalue weighted by Gasteiger charge is 2.17. The summed E-state index contributed by atoms with van der Waals surface area (Å²) in [6, 6.07) is 2.28. The fraction of sp³-hybridized carbons (Fsp3) is 0.538. The highest BCUT2D eigenvalue weighted by Crippen LogP contribution is 2.30. The van der Waals surface area contributed by atoms with Crippen molar-refractivity contribution in [3.63, 3.8) is 0 Å². The van der Waals surface area contributed by atoms with Crippen molar-refractivity contribution in [2.24, 2.45) is 0 Å². The number of hydrogen-bond acceptors (Lipinski definition) is 3. The van der Waals surface area contributed by atoms with Crippen molar-refractivity contribution >= 4 is 5.69 Å². The topological polar surface area (TPSA) is 24.5 Å². The molecule has 0 aliphatic carbocycles. The summed E-state index contributed by atoms with van der Waals surface area (Å²) in [5.41, 5.74) is 0.614. The number of methoxy groups -OCH3 is 1. The predicted octanol–water partition coefficient (Wildman–Crippen LogP) is 2.41. The van der Waals surface area contributed by atoms with Gasteiger partial charge >= 0.3 is 0 Å². The van der Waals surface area contributed by atoms with Crippen LogP contribution in [0.2, 0.25) is 0 Å². The quantitative estimate of drug-likeness (QED) is 0.881. The Morgan fingerprint density at radius 3 is 2.22 bits per heavy atom. The molecule has 18 heavy (non-hydrogen) atoms. The maximum Gasteiger partial charge on any atom is 0.162 e. The first-order valence-electron chi connectivity index (χ1n) is 6.21. The summed E-state index contributed by atoms with van der Waals surface area (Å²) in [7, 11) is 1.46. The minimum absolute atomic E-state index is 0.376. The Morgan fingerprint density at radius 1 is 1.11 bits per heavy atom. The molecule has 0 unspecified atom stereocenters. The summed E-state index contributed by atoms with van der Waals surface area (Å²) in [6.45, 7) is 7.20. The fourth-order valence-electron chi connectivity index (χ4n) is 1.83. The zero-order valence-electron chi connectivity index (χ0n) is 11.1. The Bertz CT molecular complexity index is 379. The first-order chi connectivity index (χ1) is 8.72. The second kappa shape index (κ2) is 7.16. The van der Waals surface area contributed by atoms with Crippen LogP contribution in [0.4, 0.5) is 14.5 Å². The van der Waals surface area contributed by atoms with Gasteiger partial charge in [-0.1, -0.05) is 13.8 Å². The van der Waals surface area contributed by atoms with Crippen LogP contribution in [0.25, 0.3) is 0 Å². The van der Waals surface area contributed by atoms with Gasteiger partial charge < -0.3 is 15.0 Å². The molecule has 1 aromatic carbocycles. The summed E-state index contributed by atoms with van der Waals surface area (Å²) in [4.78, 5) is 1.98. The molecule has 0 aromatic heterocycles. The molecule has 1 saturated heterocycles. The number of benzene rings is 1. The van der Waals surface area contributed by atoms with Gasteiger partial charge in [0.1, 0.15) is 5.75 Å². The van der Waals surface area contributed by atoms with E-state index in [0.717, 1.165) is 32.2 Å². The lowest BCUT2D eigenvalue weighted by Gasteiger charge is -2.30.